The van der Waals surface area contributed by atoms with E-state index in [4.69, 9.17) is 16.0 Å². The number of hydrogen-bond acceptors (Lipinski definition) is 5. The van der Waals surface area contributed by atoms with Crippen LogP contribution < -0.4 is 0 Å². The Kier molecular flexibility index (Phi) is 4.97. The third-order valence-corrected chi connectivity index (χ3v) is 4.37. The van der Waals surface area contributed by atoms with Gasteiger partial charge in [-0.15, -0.1) is 10.2 Å². The van der Waals surface area contributed by atoms with Gasteiger partial charge in [0.25, 0.3) is 0 Å². The molecule has 1 aromatic carbocycles. The van der Waals surface area contributed by atoms with E-state index in [1.54, 1.807) is 29.0 Å². The molecular weight excluding hydrogens is 388 g/mol. The average Bonchev–Trinajstić information content (AvgIpc) is 3.13. The molecule has 3 rings (SSSR count). The highest BCUT2D eigenvalue weighted by Crippen LogP contribution is 2.21. The summed E-state index contributed by atoms with van der Waals surface area (Å²) in [5.41, 5.74) is 1.16. The molecule has 0 fully saturated rings. The summed E-state index contributed by atoms with van der Waals surface area (Å²) >= 11 is 10.7. The molecule has 5 nitrogen and oxygen atoms in total. The predicted molar refractivity (Wildman–Crippen MR) is 90.4 cm³/mol. The number of nitrogens with zero attached hydrogens (tertiary/aromatic N) is 4. The molecule has 22 heavy (non-hydrogen) atoms. The zero-order chi connectivity index (χ0) is 15.4. The smallest absolute Gasteiger partial charge is 0.212 e. The summed E-state index contributed by atoms with van der Waals surface area (Å²) in [7, 11) is 0. The Labute approximate surface area is 144 Å². The second kappa shape index (κ2) is 7.13. The molecule has 0 aliphatic heterocycles. The topological polar surface area (TPSA) is 56.2 Å². The molecule has 0 aliphatic rings. The third-order valence-electron chi connectivity index (χ3n) is 2.68. The summed E-state index contributed by atoms with van der Waals surface area (Å²) in [6.07, 6.45) is 3.17. The van der Waals surface area contributed by atoms with Crippen molar-refractivity contribution in [3.05, 3.63) is 63.7 Å². The molecule has 0 amide bonds. The van der Waals surface area contributed by atoms with Crippen LogP contribution in [0.4, 0.5) is 0 Å². The highest BCUT2D eigenvalue weighted by Gasteiger charge is 2.05. The Bertz CT molecular complexity index is 784. The van der Waals surface area contributed by atoms with Gasteiger partial charge in [0.1, 0.15) is 12.1 Å². The minimum Gasteiger partial charge on any atom is -0.448 e. The Hall–Kier alpha value is -1.57. The first-order valence-corrected chi connectivity index (χ1v) is 8.43. The van der Waals surface area contributed by atoms with Crippen LogP contribution in [0.5, 0.6) is 0 Å². The number of rotatable bonds is 5. The number of benzene rings is 1. The van der Waals surface area contributed by atoms with Crippen LogP contribution in [0.3, 0.4) is 0 Å². The van der Waals surface area contributed by atoms with Gasteiger partial charge < -0.3 is 4.42 Å². The molecule has 0 saturated carbocycles. The molecule has 0 saturated heterocycles. The lowest BCUT2D eigenvalue weighted by Gasteiger charge is -2.01. The highest BCUT2D eigenvalue weighted by atomic mass is 79.9. The van der Waals surface area contributed by atoms with Gasteiger partial charge in [0.2, 0.25) is 5.16 Å². The molecule has 0 bridgehead atoms. The van der Waals surface area contributed by atoms with Crippen molar-refractivity contribution in [3.8, 4) is 0 Å². The maximum atomic E-state index is 5.87. The van der Waals surface area contributed by atoms with Crippen LogP contribution in [-0.4, -0.2) is 21.1 Å². The SMILES string of the molecule is Clc1ccc(CSc2nncn2/N=C/c2ccc(Br)o2)cc1. The quantitative estimate of drug-likeness (QED) is 0.471. The number of thioether (sulfide) groups is 1. The first-order valence-electron chi connectivity index (χ1n) is 6.28. The van der Waals surface area contributed by atoms with E-state index >= 15 is 0 Å². The maximum absolute atomic E-state index is 5.87. The maximum Gasteiger partial charge on any atom is 0.212 e. The minimum absolute atomic E-state index is 0.647. The molecule has 8 heteroatoms. The minimum atomic E-state index is 0.647. The molecule has 0 radical (unpaired) electrons. The fourth-order valence-corrected chi connectivity index (χ4v) is 2.90. The van der Waals surface area contributed by atoms with E-state index < -0.39 is 0 Å². The summed E-state index contributed by atoms with van der Waals surface area (Å²) in [6.45, 7) is 0. The summed E-state index contributed by atoms with van der Waals surface area (Å²) in [5.74, 6) is 1.41. The molecule has 0 unspecified atom stereocenters. The number of furan rings is 1. The van der Waals surface area contributed by atoms with Crippen molar-refractivity contribution < 1.29 is 4.42 Å². The van der Waals surface area contributed by atoms with E-state index in [2.05, 4.69) is 31.2 Å². The summed E-state index contributed by atoms with van der Waals surface area (Å²) in [6, 6.07) is 11.3. The molecule has 0 aliphatic carbocycles. The largest absolute Gasteiger partial charge is 0.448 e. The van der Waals surface area contributed by atoms with Crippen molar-refractivity contribution in [2.75, 3.05) is 0 Å². The lowest BCUT2D eigenvalue weighted by atomic mass is 10.2. The van der Waals surface area contributed by atoms with Crippen molar-refractivity contribution in [1.82, 2.24) is 14.9 Å². The van der Waals surface area contributed by atoms with Crippen LogP contribution in [0.25, 0.3) is 0 Å². The van der Waals surface area contributed by atoms with Crippen molar-refractivity contribution >= 4 is 45.5 Å². The Morgan fingerprint density at radius 3 is 2.82 bits per heavy atom. The van der Waals surface area contributed by atoms with Crippen molar-refractivity contribution in [3.63, 3.8) is 0 Å². The van der Waals surface area contributed by atoms with Gasteiger partial charge in [-0.05, 0) is 45.8 Å². The van der Waals surface area contributed by atoms with Gasteiger partial charge in [-0.25, -0.2) is 0 Å². The second-order valence-corrected chi connectivity index (χ2v) is 6.42. The number of aromatic nitrogens is 3. The van der Waals surface area contributed by atoms with Gasteiger partial charge in [-0.1, -0.05) is 35.5 Å². The van der Waals surface area contributed by atoms with E-state index in [-0.39, 0.29) is 0 Å². The molecule has 0 N–H and O–H groups in total. The fraction of sp³-hybridized carbons (Fsp3) is 0.0714. The zero-order valence-corrected chi connectivity index (χ0v) is 14.3. The number of halogens is 2. The van der Waals surface area contributed by atoms with E-state index in [0.717, 1.165) is 16.3 Å². The zero-order valence-electron chi connectivity index (χ0n) is 11.2. The van der Waals surface area contributed by atoms with Crippen LogP contribution in [0.2, 0.25) is 5.02 Å². The molecule has 2 aromatic heterocycles. The Morgan fingerprint density at radius 1 is 1.27 bits per heavy atom. The van der Waals surface area contributed by atoms with Gasteiger partial charge in [0.05, 0.1) is 6.21 Å². The molecule has 0 spiro atoms. The van der Waals surface area contributed by atoms with E-state index in [9.17, 15) is 0 Å². The number of hydrogen-bond donors (Lipinski definition) is 0. The second-order valence-electron chi connectivity index (χ2n) is 4.26. The standard InChI is InChI=1S/C14H10BrClN4OS/c15-13-6-5-12(21-13)7-18-20-9-17-19-14(20)22-8-10-1-3-11(16)4-2-10/h1-7,9H,8H2/b18-7+. The van der Waals surface area contributed by atoms with Crippen molar-refractivity contribution in [2.45, 2.75) is 10.9 Å². The van der Waals surface area contributed by atoms with Gasteiger partial charge in [-0.3, -0.25) is 0 Å². The van der Waals surface area contributed by atoms with Gasteiger partial charge >= 0.3 is 0 Å². The normalized spacial score (nSPS) is 11.4. The molecule has 112 valence electrons. The van der Waals surface area contributed by atoms with Gasteiger partial charge in [0.15, 0.2) is 4.67 Å². The molecule has 0 atom stereocenters. The summed E-state index contributed by atoms with van der Waals surface area (Å²) in [5, 5.41) is 13.7. The summed E-state index contributed by atoms with van der Waals surface area (Å²) < 4.78 is 7.63. The van der Waals surface area contributed by atoms with Crippen molar-refractivity contribution in [2.24, 2.45) is 5.10 Å². The first-order chi connectivity index (χ1) is 10.7. The lowest BCUT2D eigenvalue weighted by Crippen LogP contribution is -1.92. The Morgan fingerprint density at radius 2 is 2.09 bits per heavy atom. The van der Waals surface area contributed by atoms with Crippen LogP contribution in [0.15, 0.2) is 62.1 Å². The van der Waals surface area contributed by atoms with E-state index in [1.165, 1.54) is 0 Å². The van der Waals surface area contributed by atoms with Gasteiger partial charge in [0, 0.05) is 10.8 Å². The molecule has 2 heterocycles. The van der Waals surface area contributed by atoms with Gasteiger partial charge in [-0.2, -0.15) is 9.78 Å². The first kappa shape index (κ1) is 15.3. The summed E-state index contributed by atoms with van der Waals surface area (Å²) in [4.78, 5) is 0. The lowest BCUT2D eigenvalue weighted by molar-refractivity contribution is 0.533. The highest BCUT2D eigenvalue weighted by molar-refractivity contribution is 9.10. The molecular formula is C14H10BrClN4OS. The van der Waals surface area contributed by atoms with Crippen molar-refractivity contribution in [1.29, 1.82) is 0 Å². The van der Waals surface area contributed by atoms with E-state index in [1.807, 2.05) is 36.4 Å². The fourth-order valence-electron chi connectivity index (χ4n) is 1.64. The van der Waals surface area contributed by atoms with Crippen LogP contribution >= 0.6 is 39.3 Å². The monoisotopic (exact) mass is 396 g/mol. The Balaban J connectivity index is 1.67. The van der Waals surface area contributed by atoms with Crippen LogP contribution in [0, 0.1) is 0 Å². The third kappa shape index (κ3) is 4.00. The van der Waals surface area contributed by atoms with Crippen LogP contribution in [0.1, 0.15) is 11.3 Å². The van der Waals surface area contributed by atoms with Crippen LogP contribution in [-0.2, 0) is 5.75 Å². The average molecular weight is 398 g/mol. The van der Waals surface area contributed by atoms with E-state index in [0.29, 0.717) is 15.6 Å². The predicted octanol–water partition coefficient (Wildman–Crippen LogP) is 4.46. The molecule has 3 aromatic rings.